The van der Waals surface area contributed by atoms with Crippen molar-refractivity contribution in [1.82, 2.24) is 10.2 Å². The molecule has 0 rings (SSSR count). The van der Waals surface area contributed by atoms with Crippen molar-refractivity contribution in [2.24, 2.45) is 0 Å². The summed E-state index contributed by atoms with van der Waals surface area (Å²) in [6, 6.07) is 0. The predicted molar refractivity (Wildman–Crippen MR) is 49.1 cm³/mol. The van der Waals surface area contributed by atoms with E-state index in [4.69, 9.17) is 10.2 Å². The Kier molecular flexibility index (Phi) is 7.39. The van der Waals surface area contributed by atoms with Crippen molar-refractivity contribution >= 4 is 0 Å². The molecule has 0 saturated heterocycles. The lowest BCUT2D eigenvalue weighted by Crippen LogP contribution is -2.37. The normalized spacial score (nSPS) is 13.8. The van der Waals surface area contributed by atoms with E-state index in [0.29, 0.717) is 13.1 Å². The number of rotatable bonds is 7. The fourth-order valence-electron chi connectivity index (χ4n) is 1.08. The Morgan fingerprint density at radius 2 is 2.08 bits per heavy atom. The summed E-state index contributed by atoms with van der Waals surface area (Å²) in [7, 11) is 1.89. The molecule has 74 valence electrons. The Morgan fingerprint density at radius 3 is 2.50 bits per heavy atom. The minimum absolute atomic E-state index is 0.149. The summed E-state index contributed by atoms with van der Waals surface area (Å²) < 4.78 is 0. The molecule has 0 radical (unpaired) electrons. The minimum atomic E-state index is -0.326. The zero-order chi connectivity index (χ0) is 9.40. The highest BCUT2D eigenvalue weighted by atomic mass is 16.3. The molecular weight excluding hydrogens is 156 g/mol. The molecule has 3 N–H and O–H groups in total. The van der Waals surface area contributed by atoms with Crippen molar-refractivity contribution in [3.05, 3.63) is 0 Å². The molecule has 4 heteroatoms. The van der Waals surface area contributed by atoms with Crippen LogP contribution in [0, 0.1) is 0 Å². The summed E-state index contributed by atoms with van der Waals surface area (Å²) >= 11 is 0. The summed E-state index contributed by atoms with van der Waals surface area (Å²) in [6.45, 7) is 4.91. The largest absolute Gasteiger partial charge is 0.395 e. The molecule has 1 unspecified atom stereocenters. The fourth-order valence-corrected chi connectivity index (χ4v) is 1.08. The fraction of sp³-hybridized carbons (Fsp3) is 1.00. The van der Waals surface area contributed by atoms with Gasteiger partial charge in [0.15, 0.2) is 0 Å². The van der Waals surface area contributed by atoms with Gasteiger partial charge in [0.05, 0.1) is 12.7 Å². The second kappa shape index (κ2) is 7.49. The third kappa shape index (κ3) is 6.54. The van der Waals surface area contributed by atoms with Crippen molar-refractivity contribution in [3.63, 3.8) is 0 Å². The number of aliphatic hydroxyl groups is 2. The minimum Gasteiger partial charge on any atom is -0.395 e. The van der Waals surface area contributed by atoms with Gasteiger partial charge in [0.1, 0.15) is 0 Å². The van der Waals surface area contributed by atoms with E-state index < -0.39 is 0 Å². The van der Waals surface area contributed by atoms with Crippen LogP contribution in [0.25, 0.3) is 0 Å². The van der Waals surface area contributed by atoms with Gasteiger partial charge in [-0.2, -0.15) is 0 Å². The van der Waals surface area contributed by atoms with Gasteiger partial charge in [-0.15, -0.1) is 0 Å². The molecule has 0 saturated carbocycles. The van der Waals surface area contributed by atoms with Gasteiger partial charge in [0.2, 0.25) is 0 Å². The molecule has 4 nitrogen and oxygen atoms in total. The second-order valence-corrected chi connectivity index (χ2v) is 2.98. The van der Waals surface area contributed by atoms with Crippen molar-refractivity contribution in [2.75, 3.05) is 39.8 Å². The summed E-state index contributed by atoms with van der Waals surface area (Å²) in [5.74, 6) is 0. The van der Waals surface area contributed by atoms with Gasteiger partial charge < -0.3 is 15.5 Å². The van der Waals surface area contributed by atoms with Crippen LogP contribution in [0.15, 0.2) is 0 Å². The van der Waals surface area contributed by atoms with Crippen LogP contribution in [-0.4, -0.2) is 61.1 Å². The Bertz CT molecular complexity index is 99.1. The number of nitrogens with one attached hydrogen (secondary N) is 1. The first-order valence-corrected chi connectivity index (χ1v) is 4.36. The molecule has 0 amide bonds. The van der Waals surface area contributed by atoms with Gasteiger partial charge in [-0.25, -0.2) is 0 Å². The van der Waals surface area contributed by atoms with Crippen molar-refractivity contribution in [1.29, 1.82) is 0 Å². The van der Waals surface area contributed by atoms with Gasteiger partial charge in [-0.1, -0.05) is 0 Å². The molecule has 0 bridgehead atoms. The Labute approximate surface area is 74.2 Å². The maximum atomic E-state index is 9.11. The third-order valence-electron chi connectivity index (χ3n) is 1.62. The molecule has 1 atom stereocenters. The molecule has 0 spiro atoms. The Balaban J connectivity index is 3.54. The standard InChI is InChI=1S/C8H20N2O2/c1-8(12)7-10(5-6-11)4-3-9-2/h8-9,11-12H,3-7H2,1-2H3. The molecular formula is C8H20N2O2. The maximum Gasteiger partial charge on any atom is 0.0639 e. The lowest BCUT2D eigenvalue weighted by atomic mass is 10.3. The van der Waals surface area contributed by atoms with E-state index in [1.807, 2.05) is 11.9 Å². The predicted octanol–water partition coefficient (Wildman–Crippen LogP) is -1.12. The van der Waals surface area contributed by atoms with Crippen LogP contribution in [0.1, 0.15) is 6.92 Å². The molecule has 0 aliphatic carbocycles. The zero-order valence-electron chi connectivity index (χ0n) is 7.95. The average Bonchev–Trinajstić information content (AvgIpc) is 2.00. The highest BCUT2D eigenvalue weighted by Crippen LogP contribution is 1.90. The van der Waals surface area contributed by atoms with E-state index in [-0.39, 0.29) is 12.7 Å². The van der Waals surface area contributed by atoms with Crippen LogP contribution in [-0.2, 0) is 0 Å². The maximum absolute atomic E-state index is 9.11. The summed E-state index contributed by atoms with van der Waals surface area (Å²) in [5.41, 5.74) is 0. The van der Waals surface area contributed by atoms with Crippen LogP contribution in [0.3, 0.4) is 0 Å². The number of hydrogen-bond donors (Lipinski definition) is 3. The van der Waals surface area contributed by atoms with Crippen molar-refractivity contribution < 1.29 is 10.2 Å². The van der Waals surface area contributed by atoms with Crippen LogP contribution in [0.4, 0.5) is 0 Å². The van der Waals surface area contributed by atoms with E-state index in [2.05, 4.69) is 5.32 Å². The van der Waals surface area contributed by atoms with Crippen LogP contribution < -0.4 is 5.32 Å². The van der Waals surface area contributed by atoms with E-state index in [0.717, 1.165) is 13.1 Å². The quantitative estimate of drug-likeness (QED) is 0.460. The van der Waals surface area contributed by atoms with Crippen molar-refractivity contribution in [2.45, 2.75) is 13.0 Å². The second-order valence-electron chi connectivity index (χ2n) is 2.98. The first-order valence-electron chi connectivity index (χ1n) is 4.36. The van der Waals surface area contributed by atoms with E-state index in [9.17, 15) is 0 Å². The highest BCUT2D eigenvalue weighted by molar-refractivity contribution is 4.61. The first kappa shape index (κ1) is 11.8. The smallest absolute Gasteiger partial charge is 0.0639 e. The molecule has 0 heterocycles. The van der Waals surface area contributed by atoms with E-state index >= 15 is 0 Å². The highest BCUT2D eigenvalue weighted by Gasteiger charge is 2.05. The number of likely N-dealkylation sites (N-methyl/N-ethyl adjacent to an activating group) is 1. The Morgan fingerprint density at radius 1 is 1.42 bits per heavy atom. The van der Waals surface area contributed by atoms with Crippen molar-refractivity contribution in [3.8, 4) is 0 Å². The summed E-state index contributed by atoms with van der Waals surface area (Å²) in [5, 5.41) is 20.8. The third-order valence-corrected chi connectivity index (χ3v) is 1.62. The molecule has 12 heavy (non-hydrogen) atoms. The number of nitrogens with zero attached hydrogens (tertiary/aromatic N) is 1. The zero-order valence-corrected chi connectivity index (χ0v) is 7.95. The SMILES string of the molecule is CNCCN(CCO)CC(C)O. The first-order chi connectivity index (χ1) is 5.70. The number of hydrogen-bond acceptors (Lipinski definition) is 4. The lowest BCUT2D eigenvalue weighted by Gasteiger charge is -2.22. The average molecular weight is 176 g/mol. The van der Waals surface area contributed by atoms with Crippen LogP contribution >= 0.6 is 0 Å². The lowest BCUT2D eigenvalue weighted by molar-refractivity contribution is 0.112. The molecule has 0 aromatic carbocycles. The molecule has 0 aliphatic heterocycles. The topological polar surface area (TPSA) is 55.7 Å². The molecule has 0 aromatic rings. The van der Waals surface area contributed by atoms with Gasteiger partial charge in [0, 0.05) is 26.2 Å². The Hall–Kier alpha value is -0.160. The molecule has 0 aromatic heterocycles. The monoisotopic (exact) mass is 176 g/mol. The van der Waals surface area contributed by atoms with Gasteiger partial charge >= 0.3 is 0 Å². The van der Waals surface area contributed by atoms with Crippen LogP contribution in [0.2, 0.25) is 0 Å². The van der Waals surface area contributed by atoms with Gasteiger partial charge in [0.25, 0.3) is 0 Å². The van der Waals surface area contributed by atoms with E-state index in [1.165, 1.54) is 0 Å². The summed E-state index contributed by atoms with van der Waals surface area (Å²) in [6.07, 6.45) is -0.326. The van der Waals surface area contributed by atoms with E-state index in [1.54, 1.807) is 6.92 Å². The van der Waals surface area contributed by atoms with Gasteiger partial charge in [-0.3, -0.25) is 4.90 Å². The number of aliphatic hydroxyl groups excluding tert-OH is 2. The summed E-state index contributed by atoms with van der Waals surface area (Å²) in [4.78, 5) is 2.03. The molecule has 0 aliphatic rings. The van der Waals surface area contributed by atoms with Gasteiger partial charge in [-0.05, 0) is 14.0 Å². The molecule has 0 fully saturated rings. The van der Waals surface area contributed by atoms with Crippen LogP contribution in [0.5, 0.6) is 0 Å².